The molecule has 4 rings (SSSR count). The Kier molecular flexibility index (Phi) is 5.30. The molecule has 2 aromatic heterocycles. The lowest BCUT2D eigenvalue weighted by molar-refractivity contribution is -0.139. The molecule has 0 saturated carbocycles. The zero-order valence-corrected chi connectivity index (χ0v) is 16.4. The molecule has 0 radical (unpaired) electrons. The van der Waals surface area contributed by atoms with Crippen molar-refractivity contribution in [3.05, 3.63) is 95.4 Å². The van der Waals surface area contributed by atoms with Crippen LogP contribution in [0.2, 0.25) is 0 Å². The molecular weight excluding hydrogens is 380 g/mol. The number of ether oxygens (including phenoxy) is 1. The van der Waals surface area contributed by atoms with Crippen molar-refractivity contribution in [3.8, 4) is 5.75 Å². The van der Waals surface area contributed by atoms with E-state index in [9.17, 15) is 9.59 Å². The molecule has 0 bridgehead atoms. The van der Waals surface area contributed by atoms with E-state index in [0.717, 1.165) is 22.0 Å². The third-order valence-corrected chi connectivity index (χ3v) is 4.80. The number of rotatable bonds is 7. The lowest BCUT2D eigenvalue weighted by atomic mass is 10.0. The molecule has 6 nitrogen and oxygen atoms in total. The zero-order chi connectivity index (χ0) is 21.1. The molecule has 2 heterocycles. The van der Waals surface area contributed by atoms with Crippen LogP contribution in [0.25, 0.3) is 10.9 Å². The lowest BCUT2D eigenvalue weighted by Crippen LogP contribution is -2.15. The number of hydrogen-bond donors (Lipinski definition) is 1. The molecule has 1 N–H and O–H groups in total. The van der Waals surface area contributed by atoms with Gasteiger partial charge >= 0.3 is 5.97 Å². The highest BCUT2D eigenvalue weighted by Gasteiger charge is 2.19. The number of ketones is 1. The summed E-state index contributed by atoms with van der Waals surface area (Å²) in [5.74, 6) is -1.06. The molecule has 0 fully saturated rings. The SMILES string of the molecule is Cc1ccc(C(=O)c2cccn2Cc2cnc3ccccc3c2)c(OCC(=O)O)c1. The number of carboxylic acid groups (broad SMARTS) is 1. The fourth-order valence-electron chi connectivity index (χ4n) is 3.37. The van der Waals surface area contributed by atoms with Gasteiger partial charge in [0.2, 0.25) is 5.78 Å². The second kappa shape index (κ2) is 8.21. The maximum Gasteiger partial charge on any atom is 0.341 e. The molecule has 0 saturated heterocycles. The highest BCUT2D eigenvalue weighted by atomic mass is 16.5. The summed E-state index contributed by atoms with van der Waals surface area (Å²) in [5.41, 5.74) is 3.60. The summed E-state index contributed by atoms with van der Waals surface area (Å²) in [7, 11) is 0. The van der Waals surface area contributed by atoms with Crippen molar-refractivity contribution in [3.63, 3.8) is 0 Å². The molecule has 2 aromatic carbocycles. The monoisotopic (exact) mass is 400 g/mol. The van der Waals surface area contributed by atoms with Crippen LogP contribution in [0.4, 0.5) is 0 Å². The fourth-order valence-corrected chi connectivity index (χ4v) is 3.37. The highest BCUT2D eigenvalue weighted by molar-refractivity contribution is 6.10. The predicted octanol–water partition coefficient (Wildman–Crippen LogP) is 4.09. The molecule has 0 amide bonds. The topological polar surface area (TPSA) is 81.4 Å². The zero-order valence-electron chi connectivity index (χ0n) is 16.4. The minimum absolute atomic E-state index is 0.228. The predicted molar refractivity (Wildman–Crippen MR) is 113 cm³/mol. The van der Waals surface area contributed by atoms with Gasteiger partial charge in [0, 0.05) is 24.3 Å². The van der Waals surface area contributed by atoms with Gasteiger partial charge in [0.25, 0.3) is 0 Å². The largest absolute Gasteiger partial charge is 0.481 e. The number of hydrogen-bond acceptors (Lipinski definition) is 4. The van der Waals surface area contributed by atoms with E-state index in [1.807, 2.05) is 54.2 Å². The van der Waals surface area contributed by atoms with Crippen molar-refractivity contribution in [1.29, 1.82) is 0 Å². The summed E-state index contributed by atoms with van der Waals surface area (Å²) in [6.07, 6.45) is 3.65. The second-order valence-corrected chi connectivity index (χ2v) is 7.07. The Bertz CT molecular complexity index is 1240. The number of aromatic nitrogens is 2. The Hall–Kier alpha value is -3.93. The van der Waals surface area contributed by atoms with Crippen LogP contribution in [-0.4, -0.2) is 33.0 Å². The Morgan fingerprint density at radius 2 is 1.90 bits per heavy atom. The number of carbonyl (C=O) groups excluding carboxylic acids is 1. The molecule has 6 heteroatoms. The first-order valence-corrected chi connectivity index (χ1v) is 9.50. The van der Waals surface area contributed by atoms with Crippen LogP contribution < -0.4 is 4.74 Å². The first-order valence-electron chi connectivity index (χ1n) is 9.50. The second-order valence-electron chi connectivity index (χ2n) is 7.07. The van der Waals surface area contributed by atoms with Crippen LogP contribution in [0.15, 0.2) is 73.1 Å². The number of nitrogens with zero attached hydrogens (tertiary/aromatic N) is 2. The van der Waals surface area contributed by atoms with Crippen LogP contribution >= 0.6 is 0 Å². The molecule has 0 unspecified atom stereocenters. The number of carboxylic acids is 1. The lowest BCUT2D eigenvalue weighted by Gasteiger charge is -2.13. The molecule has 4 aromatic rings. The number of benzene rings is 2. The van der Waals surface area contributed by atoms with Gasteiger partial charge < -0.3 is 14.4 Å². The van der Waals surface area contributed by atoms with E-state index in [-0.39, 0.29) is 11.5 Å². The van der Waals surface area contributed by atoms with Crippen LogP contribution in [0, 0.1) is 6.92 Å². The summed E-state index contributed by atoms with van der Waals surface area (Å²) in [6.45, 7) is 1.84. The maximum atomic E-state index is 13.2. The van der Waals surface area contributed by atoms with E-state index in [2.05, 4.69) is 11.1 Å². The molecular formula is C24H20N2O4. The van der Waals surface area contributed by atoms with E-state index < -0.39 is 12.6 Å². The molecule has 30 heavy (non-hydrogen) atoms. The van der Waals surface area contributed by atoms with Gasteiger partial charge in [0.15, 0.2) is 6.61 Å². The number of pyridine rings is 1. The summed E-state index contributed by atoms with van der Waals surface area (Å²) in [6, 6.07) is 18.7. The molecule has 0 aliphatic rings. The van der Waals surface area contributed by atoms with E-state index in [0.29, 0.717) is 17.8 Å². The number of fused-ring (bicyclic) bond motifs is 1. The molecule has 0 aliphatic heterocycles. The van der Waals surface area contributed by atoms with E-state index in [1.54, 1.807) is 24.3 Å². The van der Waals surface area contributed by atoms with Gasteiger partial charge in [-0.1, -0.05) is 24.3 Å². The number of carbonyl (C=O) groups is 2. The minimum Gasteiger partial charge on any atom is -0.481 e. The normalized spacial score (nSPS) is 10.8. The minimum atomic E-state index is -1.10. The van der Waals surface area contributed by atoms with Crippen molar-refractivity contribution >= 4 is 22.7 Å². The number of aliphatic carboxylic acids is 1. The van der Waals surface area contributed by atoms with Crippen LogP contribution in [0.5, 0.6) is 5.75 Å². The Labute approximate surface area is 173 Å². The van der Waals surface area contributed by atoms with Crippen molar-refractivity contribution in [2.75, 3.05) is 6.61 Å². The first-order chi connectivity index (χ1) is 14.5. The average molecular weight is 400 g/mol. The fraction of sp³-hybridized carbons (Fsp3) is 0.125. The summed E-state index contributed by atoms with van der Waals surface area (Å²) in [4.78, 5) is 28.6. The molecule has 150 valence electrons. The smallest absolute Gasteiger partial charge is 0.341 e. The van der Waals surface area contributed by atoms with Crippen molar-refractivity contribution in [2.45, 2.75) is 13.5 Å². The number of aryl methyl sites for hydroxylation is 1. The van der Waals surface area contributed by atoms with E-state index >= 15 is 0 Å². The van der Waals surface area contributed by atoms with Gasteiger partial charge in [-0.25, -0.2) is 4.79 Å². The van der Waals surface area contributed by atoms with Gasteiger partial charge in [-0.3, -0.25) is 9.78 Å². The van der Waals surface area contributed by atoms with Gasteiger partial charge in [0.1, 0.15) is 5.75 Å². The van der Waals surface area contributed by atoms with Crippen LogP contribution in [-0.2, 0) is 11.3 Å². The highest BCUT2D eigenvalue weighted by Crippen LogP contribution is 2.24. The summed E-state index contributed by atoms with van der Waals surface area (Å²) < 4.78 is 7.22. The van der Waals surface area contributed by atoms with Crippen molar-refractivity contribution < 1.29 is 19.4 Å². The third kappa shape index (κ3) is 4.07. The maximum absolute atomic E-state index is 13.2. The van der Waals surface area contributed by atoms with Crippen molar-refractivity contribution in [1.82, 2.24) is 9.55 Å². The summed E-state index contributed by atoms with van der Waals surface area (Å²) in [5, 5.41) is 9.96. The van der Waals surface area contributed by atoms with Gasteiger partial charge in [-0.15, -0.1) is 0 Å². The molecule has 0 atom stereocenters. The number of para-hydroxylation sites is 1. The molecule has 0 aliphatic carbocycles. The van der Waals surface area contributed by atoms with Gasteiger partial charge in [0.05, 0.1) is 16.8 Å². The van der Waals surface area contributed by atoms with Gasteiger partial charge in [-0.2, -0.15) is 0 Å². The standard InChI is InChI=1S/C24H20N2O4/c1-16-8-9-19(22(11-16)30-15-23(27)28)24(29)21-7-4-10-26(21)14-17-12-18-5-2-3-6-20(18)25-13-17/h2-13H,14-15H2,1H3,(H,27,28). The first kappa shape index (κ1) is 19.4. The van der Waals surface area contributed by atoms with E-state index in [4.69, 9.17) is 9.84 Å². The van der Waals surface area contributed by atoms with Gasteiger partial charge in [-0.05, 0) is 54.4 Å². The van der Waals surface area contributed by atoms with Crippen LogP contribution in [0.1, 0.15) is 27.2 Å². The summed E-state index contributed by atoms with van der Waals surface area (Å²) >= 11 is 0. The van der Waals surface area contributed by atoms with E-state index in [1.165, 1.54) is 0 Å². The Morgan fingerprint density at radius 1 is 1.07 bits per heavy atom. The Balaban J connectivity index is 1.64. The third-order valence-electron chi connectivity index (χ3n) is 4.80. The average Bonchev–Trinajstić information content (AvgIpc) is 3.20. The van der Waals surface area contributed by atoms with Crippen LogP contribution in [0.3, 0.4) is 0 Å². The quantitative estimate of drug-likeness (QED) is 0.473. The Morgan fingerprint density at radius 3 is 2.73 bits per heavy atom. The van der Waals surface area contributed by atoms with Crippen molar-refractivity contribution in [2.24, 2.45) is 0 Å². The molecule has 0 spiro atoms.